The first-order chi connectivity index (χ1) is 11.0. The molecule has 0 fully saturated rings. The Bertz CT molecular complexity index is 722. The van der Waals surface area contributed by atoms with Crippen LogP contribution in [0.25, 0.3) is 0 Å². The van der Waals surface area contributed by atoms with Gasteiger partial charge in [-0.15, -0.1) is 0 Å². The van der Waals surface area contributed by atoms with Crippen molar-refractivity contribution in [1.29, 1.82) is 5.26 Å². The molecule has 1 atom stereocenters. The summed E-state index contributed by atoms with van der Waals surface area (Å²) in [7, 11) is 1.77. The molecule has 0 bridgehead atoms. The first-order valence-corrected chi connectivity index (χ1v) is 7.26. The summed E-state index contributed by atoms with van der Waals surface area (Å²) in [6.07, 6.45) is 0. The Kier molecular flexibility index (Phi) is 5.45. The van der Waals surface area contributed by atoms with Crippen molar-refractivity contribution in [3.63, 3.8) is 0 Å². The molecule has 0 aliphatic rings. The molecular formula is C18H18FN3O. The highest BCUT2D eigenvalue weighted by molar-refractivity contribution is 5.94. The van der Waals surface area contributed by atoms with Crippen LogP contribution in [0.1, 0.15) is 18.1 Å². The zero-order valence-electron chi connectivity index (χ0n) is 13.1. The molecule has 0 saturated heterocycles. The van der Waals surface area contributed by atoms with E-state index in [0.29, 0.717) is 23.4 Å². The van der Waals surface area contributed by atoms with Crippen LogP contribution < -0.4 is 5.32 Å². The monoisotopic (exact) mass is 311 g/mol. The third kappa shape index (κ3) is 4.38. The Balaban J connectivity index is 1.98. The molecule has 23 heavy (non-hydrogen) atoms. The van der Waals surface area contributed by atoms with Gasteiger partial charge in [0.05, 0.1) is 17.7 Å². The van der Waals surface area contributed by atoms with E-state index in [1.807, 2.05) is 6.07 Å². The van der Waals surface area contributed by atoms with Gasteiger partial charge in [0.25, 0.3) is 0 Å². The van der Waals surface area contributed by atoms with Gasteiger partial charge in [0.15, 0.2) is 0 Å². The van der Waals surface area contributed by atoms with Crippen molar-refractivity contribution < 1.29 is 9.18 Å². The van der Waals surface area contributed by atoms with Gasteiger partial charge >= 0.3 is 0 Å². The fourth-order valence-electron chi connectivity index (χ4n) is 2.11. The van der Waals surface area contributed by atoms with Crippen molar-refractivity contribution in [3.05, 3.63) is 65.5 Å². The number of nitriles is 1. The average Bonchev–Trinajstić information content (AvgIpc) is 2.56. The smallest absolute Gasteiger partial charge is 0.241 e. The normalized spacial score (nSPS) is 11.8. The first kappa shape index (κ1) is 16.7. The number of hydrogen-bond acceptors (Lipinski definition) is 3. The van der Waals surface area contributed by atoms with Crippen molar-refractivity contribution in [1.82, 2.24) is 4.90 Å². The van der Waals surface area contributed by atoms with E-state index >= 15 is 0 Å². The summed E-state index contributed by atoms with van der Waals surface area (Å²) in [5.41, 5.74) is 1.71. The minimum absolute atomic E-state index is 0.187. The summed E-state index contributed by atoms with van der Waals surface area (Å²) < 4.78 is 13.7. The third-order valence-electron chi connectivity index (χ3n) is 3.70. The van der Waals surface area contributed by atoms with Gasteiger partial charge in [0.2, 0.25) is 5.91 Å². The molecular weight excluding hydrogens is 293 g/mol. The summed E-state index contributed by atoms with van der Waals surface area (Å²) in [5.74, 6) is -0.465. The predicted octanol–water partition coefficient (Wildman–Crippen LogP) is 3.16. The molecule has 1 N–H and O–H groups in total. The molecule has 0 aromatic heterocycles. The lowest BCUT2D eigenvalue weighted by molar-refractivity contribution is -0.120. The summed E-state index contributed by atoms with van der Waals surface area (Å²) in [6, 6.07) is 14.8. The number of amides is 1. The lowest BCUT2D eigenvalue weighted by atomic mass is 10.1. The van der Waals surface area contributed by atoms with E-state index in [4.69, 9.17) is 5.26 Å². The molecule has 5 heteroatoms. The Morgan fingerprint density at radius 2 is 1.91 bits per heavy atom. The highest BCUT2D eigenvalue weighted by atomic mass is 19.1. The molecule has 0 radical (unpaired) electrons. The highest BCUT2D eigenvalue weighted by Crippen LogP contribution is 2.13. The molecule has 4 nitrogen and oxygen atoms in total. The van der Waals surface area contributed by atoms with Crippen LogP contribution in [0.5, 0.6) is 0 Å². The van der Waals surface area contributed by atoms with Gasteiger partial charge in [0, 0.05) is 17.8 Å². The Hall–Kier alpha value is -2.71. The van der Waals surface area contributed by atoms with Crippen molar-refractivity contribution in [3.8, 4) is 6.07 Å². The van der Waals surface area contributed by atoms with E-state index in [2.05, 4.69) is 5.32 Å². The molecule has 0 aliphatic heterocycles. The minimum Gasteiger partial charge on any atom is -0.325 e. The molecule has 0 saturated carbocycles. The quantitative estimate of drug-likeness (QED) is 0.923. The van der Waals surface area contributed by atoms with Crippen LogP contribution >= 0.6 is 0 Å². The lowest BCUT2D eigenvalue weighted by Crippen LogP contribution is -2.39. The highest BCUT2D eigenvalue weighted by Gasteiger charge is 2.19. The van der Waals surface area contributed by atoms with Gasteiger partial charge in [-0.05, 0) is 44.3 Å². The maximum Gasteiger partial charge on any atom is 0.241 e. The SMILES string of the molecule is C[C@@H](C(=O)Nc1ccc(C#N)cc1)N(C)Cc1ccccc1F. The molecule has 1 amide bonds. The average molecular weight is 311 g/mol. The number of halogens is 1. The van der Waals surface area contributed by atoms with Crippen LogP contribution in [0.4, 0.5) is 10.1 Å². The van der Waals surface area contributed by atoms with Gasteiger partial charge in [-0.1, -0.05) is 18.2 Å². The molecule has 2 aromatic carbocycles. The molecule has 2 rings (SSSR count). The van der Waals surface area contributed by atoms with E-state index in [1.165, 1.54) is 6.07 Å². The summed E-state index contributed by atoms with van der Waals surface area (Å²) in [6.45, 7) is 2.11. The van der Waals surface area contributed by atoms with Gasteiger partial charge in [0.1, 0.15) is 5.82 Å². The van der Waals surface area contributed by atoms with Gasteiger partial charge < -0.3 is 5.32 Å². The molecule has 0 unspecified atom stereocenters. The van der Waals surface area contributed by atoms with Gasteiger partial charge in [-0.2, -0.15) is 5.26 Å². The largest absolute Gasteiger partial charge is 0.325 e. The minimum atomic E-state index is -0.426. The van der Waals surface area contributed by atoms with Crippen molar-refractivity contribution in [2.24, 2.45) is 0 Å². The lowest BCUT2D eigenvalue weighted by Gasteiger charge is -2.24. The number of hydrogen-bond donors (Lipinski definition) is 1. The maximum atomic E-state index is 13.7. The number of rotatable bonds is 5. The Morgan fingerprint density at radius 3 is 2.52 bits per heavy atom. The second kappa shape index (κ2) is 7.52. The second-order valence-corrected chi connectivity index (χ2v) is 5.36. The summed E-state index contributed by atoms with van der Waals surface area (Å²) >= 11 is 0. The van der Waals surface area contributed by atoms with Gasteiger partial charge in [-0.3, -0.25) is 9.69 Å². The number of carbonyl (C=O) groups excluding carboxylic acids is 1. The predicted molar refractivity (Wildman–Crippen MR) is 87.1 cm³/mol. The van der Waals surface area contributed by atoms with Crippen LogP contribution in [-0.4, -0.2) is 23.9 Å². The van der Waals surface area contributed by atoms with Gasteiger partial charge in [-0.25, -0.2) is 4.39 Å². The van der Waals surface area contributed by atoms with Crippen LogP contribution in [-0.2, 0) is 11.3 Å². The standard InChI is InChI=1S/C18H18FN3O/c1-13(22(2)12-15-5-3-4-6-17(15)19)18(23)21-16-9-7-14(11-20)8-10-16/h3-10,13H,12H2,1-2H3,(H,21,23)/t13-/m0/s1. The number of nitrogens with one attached hydrogen (secondary N) is 1. The number of carbonyl (C=O) groups is 1. The van der Waals surface area contributed by atoms with E-state index in [1.54, 1.807) is 61.3 Å². The number of nitrogens with zero attached hydrogens (tertiary/aromatic N) is 2. The van der Waals surface area contributed by atoms with Crippen molar-refractivity contribution >= 4 is 11.6 Å². The Morgan fingerprint density at radius 1 is 1.26 bits per heavy atom. The third-order valence-corrected chi connectivity index (χ3v) is 3.70. The van der Waals surface area contributed by atoms with E-state index in [9.17, 15) is 9.18 Å². The summed E-state index contributed by atoms with van der Waals surface area (Å²) in [5, 5.41) is 11.5. The van der Waals surface area contributed by atoms with Crippen molar-refractivity contribution in [2.45, 2.75) is 19.5 Å². The number of likely N-dealkylation sites (N-methyl/N-ethyl adjacent to an activating group) is 1. The zero-order chi connectivity index (χ0) is 16.8. The zero-order valence-corrected chi connectivity index (χ0v) is 13.1. The first-order valence-electron chi connectivity index (χ1n) is 7.26. The summed E-state index contributed by atoms with van der Waals surface area (Å²) in [4.78, 5) is 14.0. The Labute approximate surface area is 135 Å². The molecule has 0 aliphatic carbocycles. The van der Waals surface area contributed by atoms with E-state index < -0.39 is 6.04 Å². The molecule has 0 spiro atoms. The number of benzene rings is 2. The fraction of sp³-hybridized carbons (Fsp3) is 0.222. The number of anilines is 1. The maximum absolute atomic E-state index is 13.7. The van der Waals surface area contributed by atoms with E-state index in [-0.39, 0.29) is 11.7 Å². The molecule has 0 heterocycles. The van der Waals surface area contributed by atoms with Crippen LogP contribution in [0, 0.1) is 17.1 Å². The topological polar surface area (TPSA) is 56.1 Å². The van der Waals surface area contributed by atoms with E-state index in [0.717, 1.165) is 0 Å². The van der Waals surface area contributed by atoms with Crippen LogP contribution in [0.15, 0.2) is 48.5 Å². The molecule has 118 valence electrons. The van der Waals surface area contributed by atoms with Crippen LogP contribution in [0.2, 0.25) is 0 Å². The molecule has 2 aromatic rings. The second-order valence-electron chi connectivity index (χ2n) is 5.36. The fourth-order valence-corrected chi connectivity index (χ4v) is 2.11. The van der Waals surface area contributed by atoms with Crippen LogP contribution in [0.3, 0.4) is 0 Å². The van der Waals surface area contributed by atoms with Crippen molar-refractivity contribution in [2.75, 3.05) is 12.4 Å².